The lowest BCUT2D eigenvalue weighted by Crippen LogP contribution is -2.07. The van der Waals surface area contributed by atoms with Crippen molar-refractivity contribution in [2.24, 2.45) is 0 Å². The van der Waals surface area contributed by atoms with E-state index in [1.165, 1.54) is 37.7 Å². The topological polar surface area (TPSA) is 43.4 Å². The van der Waals surface area contributed by atoms with Crippen molar-refractivity contribution in [2.75, 3.05) is 0 Å². The van der Waals surface area contributed by atoms with Crippen molar-refractivity contribution in [3.05, 3.63) is 35.4 Å². The highest BCUT2D eigenvalue weighted by atomic mass is 16.6. The molecule has 1 aromatic carbocycles. The monoisotopic (exact) mass is 258 g/mol. The van der Waals surface area contributed by atoms with Gasteiger partial charge in [0.15, 0.2) is 0 Å². The molecule has 0 N–H and O–H groups in total. The minimum Gasteiger partial charge on any atom is -0.393 e. The van der Waals surface area contributed by atoms with E-state index in [1.54, 1.807) is 0 Å². The Morgan fingerprint density at radius 3 is 2.11 bits per heavy atom. The Morgan fingerprint density at radius 1 is 0.895 bits per heavy atom. The van der Waals surface area contributed by atoms with Gasteiger partial charge in [-0.1, -0.05) is 43.5 Å². The van der Waals surface area contributed by atoms with Crippen LogP contribution in [0.4, 0.5) is 0 Å². The summed E-state index contributed by atoms with van der Waals surface area (Å²) in [5, 5.41) is 0. The van der Waals surface area contributed by atoms with Crippen LogP contribution in [0.15, 0.2) is 24.3 Å². The van der Waals surface area contributed by atoms with Crippen LogP contribution in [0.1, 0.15) is 61.5 Å². The van der Waals surface area contributed by atoms with E-state index in [4.69, 9.17) is 0 Å². The Hall–Kier alpha value is -1.64. The number of cyclic esters (lactones) is 2. The van der Waals surface area contributed by atoms with Gasteiger partial charge in [-0.3, -0.25) is 9.59 Å². The Labute approximate surface area is 113 Å². The summed E-state index contributed by atoms with van der Waals surface area (Å²) in [6.07, 6.45) is 6.70. The molecule has 1 heterocycles. The third kappa shape index (κ3) is 2.55. The third-order valence-electron chi connectivity index (χ3n) is 4.29. The van der Waals surface area contributed by atoms with Crippen molar-refractivity contribution < 1.29 is 14.3 Å². The van der Waals surface area contributed by atoms with Gasteiger partial charge in [-0.15, -0.1) is 0 Å². The fourth-order valence-electron chi connectivity index (χ4n) is 3.17. The van der Waals surface area contributed by atoms with Crippen molar-refractivity contribution >= 4 is 11.9 Å². The number of esters is 2. The Bertz CT molecular complexity index is 483. The van der Waals surface area contributed by atoms with Crippen molar-refractivity contribution in [3.63, 3.8) is 0 Å². The summed E-state index contributed by atoms with van der Waals surface area (Å²) < 4.78 is 4.60. The van der Waals surface area contributed by atoms with Crippen LogP contribution < -0.4 is 0 Å². The summed E-state index contributed by atoms with van der Waals surface area (Å²) in [6.45, 7) is 0. The van der Waals surface area contributed by atoms with Crippen LogP contribution in [0, 0.1) is 0 Å². The molecule has 2 fully saturated rings. The van der Waals surface area contributed by atoms with Crippen molar-refractivity contribution in [1.82, 2.24) is 0 Å². The molecule has 0 unspecified atom stereocenters. The van der Waals surface area contributed by atoms with Crippen molar-refractivity contribution in [2.45, 2.75) is 50.4 Å². The SMILES string of the molecule is O=C1C[C@@H](c2ccc(C3CCCCC3)cc2)C(=O)O1. The van der Waals surface area contributed by atoms with Gasteiger partial charge in [0.2, 0.25) is 0 Å². The van der Waals surface area contributed by atoms with Gasteiger partial charge in [0, 0.05) is 0 Å². The zero-order valence-corrected chi connectivity index (χ0v) is 10.9. The highest BCUT2D eigenvalue weighted by Crippen LogP contribution is 2.34. The minimum absolute atomic E-state index is 0.182. The van der Waals surface area contributed by atoms with Gasteiger partial charge >= 0.3 is 11.9 Å². The molecule has 3 nitrogen and oxygen atoms in total. The first kappa shape index (κ1) is 12.4. The molecule has 3 heteroatoms. The Morgan fingerprint density at radius 2 is 1.53 bits per heavy atom. The third-order valence-corrected chi connectivity index (χ3v) is 4.29. The average molecular weight is 258 g/mol. The molecule has 2 aliphatic rings. The maximum Gasteiger partial charge on any atom is 0.321 e. The van der Waals surface area contributed by atoms with Gasteiger partial charge in [0.1, 0.15) is 0 Å². The largest absolute Gasteiger partial charge is 0.393 e. The molecular weight excluding hydrogens is 240 g/mol. The van der Waals surface area contributed by atoms with Crippen molar-refractivity contribution in [3.8, 4) is 0 Å². The zero-order valence-electron chi connectivity index (χ0n) is 10.9. The van der Waals surface area contributed by atoms with Crippen LogP contribution in [-0.4, -0.2) is 11.9 Å². The second-order valence-electron chi connectivity index (χ2n) is 5.55. The van der Waals surface area contributed by atoms with E-state index in [1.807, 2.05) is 12.1 Å². The van der Waals surface area contributed by atoms with Crippen LogP contribution in [0.2, 0.25) is 0 Å². The molecule has 0 amide bonds. The van der Waals surface area contributed by atoms with E-state index < -0.39 is 17.9 Å². The molecule has 1 aliphatic heterocycles. The number of carbonyl (C=O) groups is 2. The average Bonchev–Trinajstić information content (AvgIpc) is 2.79. The molecule has 0 bridgehead atoms. The predicted octanol–water partition coefficient (Wildman–Crippen LogP) is 3.29. The molecule has 1 atom stereocenters. The van der Waals surface area contributed by atoms with Crippen molar-refractivity contribution in [1.29, 1.82) is 0 Å². The quantitative estimate of drug-likeness (QED) is 0.604. The van der Waals surface area contributed by atoms with E-state index >= 15 is 0 Å². The lowest BCUT2D eigenvalue weighted by Gasteiger charge is -2.22. The fourth-order valence-corrected chi connectivity index (χ4v) is 3.17. The molecule has 100 valence electrons. The summed E-state index contributed by atoms with van der Waals surface area (Å²) in [4.78, 5) is 22.6. The van der Waals surface area contributed by atoms with Gasteiger partial charge in [-0.05, 0) is 29.9 Å². The normalized spacial score (nSPS) is 24.5. The predicted molar refractivity (Wildman–Crippen MR) is 70.7 cm³/mol. The van der Waals surface area contributed by atoms with Gasteiger partial charge in [0.05, 0.1) is 12.3 Å². The van der Waals surface area contributed by atoms with E-state index in [0.29, 0.717) is 5.92 Å². The number of hydrogen-bond acceptors (Lipinski definition) is 3. The van der Waals surface area contributed by atoms with E-state index in [-0.39, 0.29) is 6.42 Å². The van der Waals surface area contributed by atoms with Gasteiger partial charge in [-0.25, -0.2) is 0 Å². The maximum atomic E-state index is 11.5. The molecule has 1 saturated carbocycles. The van der Waals surface area contributed by atoms with Gasteiger partial charge in [0.25, 0.3) is 0 Å². The van der Waals surface area contributed by atoms with E-state index in [0.717, 1.165) is 5.56 Å². The summed E-state index contributed by atoms with van der Waals surface area (Å²) >= 11 is 0. The molecular formula is C16H18O3. The second kappa shape index (κ2) is 5.16. The number of ether oxygens (including phenoxy) is 1. The van der Waals surface area contributed by atoms with Gasteiger partial charge in [-0.2, -0.15) is 0 Å². The van der Waals surface area contributed by atoms with Crippen LogP contribution in [0.5, 0.6) is 0 Å². The van der Waals surface area contributed by atoms with Crippen LogP contribution in [0.25, 0.3) is 0 Å². The first-order valence-electron chi connectivity index (χ1n) is 7.08. The number of carbonyl (C=O) groups excluding carboxylic acids is 2. The molecule has 1 aromatic rings. The lowest BCUT2D eigenvalue weighted by molar-refractivity contribution is -0.152. The molecule has 3 rings (SSSR count). The van der Waals surface area contributed by atoms with Crippen LogP contribution in [0.3, 0.4) is 0 Å². The Balaban J connectivity index is 1.75. The number of benzene rings is 1. The maximum absolute atomic E-state index is 11.5. The summed E-state index contributed by atoms with van der Waals surface area (Å²) in [6, 6.07) is 8.19. The molecule has 0 aromatic heterocycles. The first-order chi connectivity index (χ1) is 9.24. The highest BCUT2D eigenvalue weighted by Gasteiger charge is 2.34. The number of hydrogen-bond donors (Lipinski definition) is 0. The summed E-state index contributed by atoms with van der Waals surface area (Å²) in [5.41, 5.74) is 2.26. The standard InChI is InChI=1S/C16H18O3/c17-15-10-14(16(18)19-15)13-8-6-12(7-9-13)11-4-2-1-3-5-11/h6-9,11,14H,1-5,10H2/t14-/m0/s1. The molecule has 19 heavy (non-hydrogen) atoms. The lowest BCUT2D eigenvalue weighted by atomic mass is 9.83. The van der Waals surface area contributed by atoms with Gasteiger partial charge < -0.3 is 4.74 Å². The van der Waals surface area contributed by atoms with Crippen LogP contribution in [-0.2, 0) is 14.3 Å². The molecule has 1 saturated heterocycles. The van der Waals surface area contributed by atoms with Crippen LogP contribution >= 0.6 is 0 Å². The highest BCUT2D eigenvalue weighted by molar-refractivity contribution is 5.97. The zero-order chi connectivity index (χ0) is 13.2. The molecule has 0 spiro atoms. The second-order valence-corrected chi connectivity index (χ2v) is 5.55. The Kier molecular flexibility index (Phi) is 3.36. The number of rotatable bonds is 2. The molecule has 0 radical (unpaired) electrons. The smallest absolute Gasteiger partial charge is 0.321 e. The minimum atomic E-state index is -0.411. The van der Waals surface area contributed by atoms with E-state index in [9.17, 15) is 9.59 Å². The first-order valence-corrected chi connectivity index (χ1v) is 7.08. The molecule has 1 aliphatic carbocycles. The fraction of sp³-hybridized carbons (Fsp3) is 0.500. The summed E-state index contributed by atoms with van der Waals surface area (Å²) in [7, 11) is 0. The van der Waals surface area contributed by atoms with E-state index in [2.05, 4.69) is 16.9 Å². The summed E-state index contributed by atoms with van der Waals surface area (Å²) in [5.74, 6) is -0.547.